The first-order chi connectivity index (χ1) is 8.76. The molecule has 1 saturated carbocycles. The Morgan fingerprint density at radius 2 is 2.33 bits per heavy atom. The molecule has 1 aliphatic rings. The maximum atomic E-state index is 11.7. The van der Waals surface area contributed by atoms with Crippen molar-refractivity contribution in [2.75, 3.05) is 25.1 Å². The monoisotopic (exact) mass is 249 g/mol. The minimum atomic E-state index is -0.377. The fraction of sp³-hybridized carbons (Fsp3) is 0.615. The van der Waals surface area contributed by atoms with Gasteiger partial charge in [0.2, 0.25) is 0 Å². The highest BCUT2D eigenvalue weighted by Crippen LogP contribution is 2.29. The average molecular weight is 249 g/mol. The highest BCUT2D eigenvalue weighted by Gasteiger charge is 2.24. The van der Waals surface area contributed by atoms with E-state index in [4.69, 9.17) is 4.74 Å². The van der Waals surface area contributed by atoms with Gasteiger partial charge in [0.15, 0.2) is 0 Å². The van der Waals surface area contributed by atoms with E-state index in [-0.39, 0.29) is 5.97 Å². The van der Waals surface area contributed by atoms with Crippen molar-refractivity contribution in [1.82, 2.24) is 9.97 Å². The van der Waals surface area contributed by atoms with Crippen LogP contribution in [0.5, 0.6) is 0 Å². The lowest BCUT2D eigenvalue weighted by molar-refractivity contribution is 0.0600. The van der Waals surface area contributed by atoms with E-state index in [1.807, 2.05) is 0 Å². The van der Waals surface area contributed by atoms with Gasteiger partial charge in [-0.2, -0.15) is 0 Å². The van der Waals surface area contributed by atoms with Crippen molar-refractivity contribution >= 4 is 11.8 Å². The third-order valence-corrected chi connectivity index (χ3v) is 3.48. The van der Waals surface area contributed by atoms with Gasteiger partial charge in [0.05, 0.1) is 7.11 Å². The van der Waals surface area contributed by atoms with Gasteiger partial charge in [-0.3, -0.25) is 0 Å². The van der Waals surface area contributed by atoms with Gasteiger partial charge in [-0.15, -0.1) is 0 Å². The number of hydrogen-bond acceptors (Lipinski definition) is 5. The Bertz CT molecular complexity index is 418. The summed E-state index contributed by atoms with van der Waals surface area (Å²) in [5.74, 6) is 1.04. The summed E-state index contributed by atoms with van der Waals surface area (Å²) in [7, 11) is 1.38. The fourth-order valence-corrected chi connectivity index (χ4v) is 2.18. The molecular weight excluding hydrogens is 230 g/mol. The van der Waals surface area contributed by atoms with Gasteiger partial charge in [0, 0.05) is 19.3 Å². The topological polar surface area (TPSA) is 55.3 Å². The number of aromatic nitrogens is 2. The van der Waals surface area contributed by atoms with Gasteiger partial charge in [0.25, 0.3) is 0 Å². The number of anilines is 1. The maximum absolute atomic E-state index is 11.7. The number of methoxy groups -OCH3 is 1. The predicted molar refractivity (Wildman–Crippen MR) is 68.6 cm³/mol. The van der Waals surface area contributed by atoms with Gasteiger partial charge < -0.3 is 9.64 Å². The van der Waals surface area contributed by atoms with Crippen LogP contribution < -0.4 is 4.90 Å². The van der Waals surface area contributed by atoms with Crippen LogP contribution in [0.4, 0.5) is 5.82 Å². The third-order valence-electron chi connectivity index (χ3n) is 3.48. The largest absolute Gasteiger partial charge is 0.465 e. The lowest BCUT2D eigenvalue weighted by Gasteiger charge is -2.32. The molecule has 18 heavy (non-hydrogen) atoms. The highest BCUT2D eigenvalue weighted by molar-refractivity contribution is 5.94. The van der Waals surface area contributed by atoms with Crippen molar-refractivity contribution in [2.45, 2.75) is 26.2 Å². The highest BCUT2D eigenvalue weighted by atomic mass is 16.5. The average Bonchev–Trinajstić information content (AvgIpc) is 2.37. The summed E-state index contributed by atoms with van der Waals surface area (Å²) in [6.45, 7) is 3.86. The molecule has 0 atom stereocenters. The van der Waals surface area contributed by atoms with Crippen LogP contribution >= 0.6 is 0 Å². The van der Waals surface area contributed by atoms with E-state index >= 15 is 0 Å². The van der Waals surface area contributed by atoms with Crippen LogP contribution in [0.3, 0.4) is 0 Å². The van der Waals surface area contributed by atoms with E-state index in [2.05, 4.69) is 21.8 Å². The zero-order chi connectivity index (χ0) is 13.0. The van der Waals surface area contributed by atoms with Gasteiger partial charge in [0.1, 0.15) is 17.7 Å². The Labute approximate surface area is 107 Å². The summed E-state index contributed by atoms with van der Waals surface area (Å²) in [5, 5.41) is 0. The van der Waals surface area contributed by atoms with Gasteiger partial charge in [-0.1, -0.05) is 6.42 Å². The van der Waals surface area contributed by atoms with E-state index in [1.165, 1.54) is 38.9 Å². The molecule has 0 N–H and O–H groups in total. The Hall–Kier alpha value is -1.65. The smallest absolute Gasteiger partial charge is 0.343 e. The molecule has 1 fully saturated rings. The lowest BCUT2D eigenvalue weighted by Crippen LogP contribution is -2.34. The van der Waals surface area contributed by atoms with E-state index in [0.29, 0.717) is 11.4 Å². The van der Waals surface area contributed by atoms with E-state index in [1.54, 1.807) is 0 Å². The van der Waals surface area contributed by atoms with E-state index in [0.717, 1.165) is 19.0 Å². The summed E-state index contributed by atoms with van der Waals surface area (Å²) in [6.07, 6.45) is 6.86. The number of esters is 1. The Kier molecular flexibility index (Phi) is 4.12. The molecule has 5 nitrogen and oxygen atoms in total. The molecule has 0 radical (unpaired) electrons. The second kappa shape index (κ2) is 5.80. The minimum Gasteiger partial charge on any atom is -0.465 e. The van der Waals surface area contributed by atoms with E-state index in [9.17, 15) is 4.79 Å². The zero-order valence-electron chi connectivity index (χ0n) is 10.9. The predicted octanol–water partition coefficient (Wildman–Crippen LogP) is 1.89. The molecule has 2 rings (SSSR count). The summed E-state index contributed by atoms with van der Waals surface area (Å²) >= 11 is 0. The maximum Gasteiger partial charge on any atom is 0.343 e. The van der Waals surface area contributed by atoms with E-state index < -0.39 is 0 Å². The minimum absolute atomic E-state index is 0.377. The molecule has 0 aromatic carbocycles. The Morgan fingerprint density at radius 1 is 1.56 bits per heavy atom. The molecule has 98 valence electrons. The SMILES string of the molecule is CCN(CC1CCC1)c1ncncc1C(=O)OC. The van der Waals surface area contributed by atoms with Gasteiger partial charge in [-0.05, 0) is 25.7 Å². The standard InChI is InChI=1S/C13H19N3O2/c1-3-16(8-10-5-4-6-10)12-11(13(17)18-2)7-14-9-15-12/h7,9-10H,3-6,8H2,1-2H3. The van der Waals surface area contributed by atoms with Crippen LogP contribution in [0.25, 0.3) is 0 Å². The Morgan fingerprint density at radius 3 is 2.89 bits per heavy atom. The molecule has 0 spiro atoms. The summed E-state index contributed by atoms with van der Waals surface area (Å²) in [4.78, 5) is 22.0. The first-order valence-corrected chi connectivity index (χ1v) is 6.39. The van der Waals surface area contributed by atoms with Crippen molar-refractivity contribution in [3.8, 4) is 0 Å². The van der Waals surface area contributed by atoms with Crippen LogP contribution in [0, 0.1) is 5.92 Å². The molecule has 0 bridgehead atoms. The number of nitrogens with zero attached hydrogens (tertiary/aromatic N) is 3. The molecule has 0 unspecified atom stereocenters. The summed E-state index contributed by atoms with van der Waals surface area (Å²) in [5.41, 5.74) is 0.446. The van der Waals surface area contributed by atoms with Crippen LogP contribution in [0.1, 0.15) is 36.5 Å². The zero-order valence-corrected chi connectivity index (χ0v) is 10.9. The second-order valence-electron chi connectivity index (χ2n) is 4.59. The molecule has 0 amide bonds. The van der Waals surface area contributed by atoms with Crippen molar-refractivity contribution in [2.24, 2.45) is 5.92 Å². The summed E-state index contributed by atoms with van der Waals surface area (Å²) in [6, 6.07) is 0. The lowest BCUT2D eigenvalue weighted by atomic mass is 9.85. The van der Waals surface area contributed by atoms with Gasteiger partial charge >= 0.3 is 5.97 Å². The second-order valence-corrected chi connectivity index (χ2v) is 4.59. The first kappa shape index (κ1) is 12.8. The fourth-order valence-electron chi connectivity index (χ4n) is 2.18. The third kappa shape index (κ3) is 2.60. The number of hydrogen-bond donors (Lipinski definition) is 0. The number of carbonyl (C=O) groups excluding carboxylic acids is 1. The quantitative estimate of drug-likeness (QED) is 0.746. The molecule has 1 aromatic heterocycles. The van der Waals surface area contributed by atoms with Crippen molar-refractivity contribution < 1.29 is 9.53 Å². The molecule has 1 aromatic rings. The number of ether oxygens (including phenoxy) is 1. The first-order valence-electron chi connectivity index (χ1n) is 6.39. The number of rotatable bonds is 5. The van der Waals surface area contributed by atoms with Crippen molar-refractivity contribution in [1.29, 1.82) is 0 Å². The molecular formula is C13H19N3O2. The molecule has 0 aliphatic heterocycles. The van der Waals surface area contributed by atoms with Crippen LogP contribution in [0.2, 0.25) is 0 Å². The Balaban J connectivity index is 2.20. The van der Waals surface area contributed by atoms with Crippen LogP contribution in [-0.4, -0.2) is 36.1 Å². The van der Waals surface area contributed by atoms with Gasteiger partial charge in [-0.25, -0.2) is 14.8 Å². The molecule has 0 saturated heterocycles. The molecule has 5 heteroatoms. The normalized spacial score (nSPS) is 15.0. The van der Waals surface area contributed by atoms with Crippen LogP contribution in [0.15, 0.2) is 12.5 Å². The number of carbonyl (C=O) groups is 1. The van der Waals surface area contributed by atoms with Crippen molar-refractivity contribution in [3.63, 3.8) is 0 Å². The molecule has 1 aliphatic carbocycles. The summed E-state index contributed by atoms with van der Waals surface area (Å²) < 4.78 is 4.77. The molecule has 1 heterocycles. The van der Waals surface area contributed by atoms with Crippen molar-refractivity contribution in [3.05, 3.63) is 18.1 Å². The van der Waals surface area contributed by atoms with Crippen LogP contribution in [-0.2, 0) is 4.74 Å².